The van der Waals surface area contributed by atoms with Gasteiger partial charge >= 0.3 is 0 Å². The molecule has 1 aromatic rings. The summed E-state index contributed by atoms with van der Waals surface area (Å²) in [4.78, 5) is 4.32. The molecule has 1 N–H and O–H groups in total. The van der Waals surface area contributed by atoms with Crippen molar-refractivity contribution in [2.45, 2.75) is 46.1 Å². The lowest BCUT2D eigenvalue weighted by Crippen LogP contribution is -2.19. The van der Waals surface area contributed by atoms with E-state index in [0.717, 1.165) is 31.0 Å². The van der Waals surface area contributed by atoms with Gasteiger partial charge < -0.3 is 10.1 Å². The number of ether oxygens (including phenoxy) is 1. The van der Waals surface area contributed by atoms with Gasteiger partial charge in [0.1, 0.15) is 0 Å². The highest BCUT2D eigenvalue weighted by Crippen LogP contribution is 2.22. The van der Waals surface area contributed by atoms with Crippen LogP contribution in [0.1, 0.15) is 51.6 Å². The van der Waals surface area contributed by atoms with Gasteiger partial charge in [0, 0.05) is 17.8 Å². The zero-order valence-electron chi connectivity index (χ0n) is 11.2. The van der Waals surface area contributed by atoms with E-state index in [1.807, 2.05) is 6.07 Å². The molecule has 0 aliphatic heterocycles. The van der Waals surface area contributed by atoms with Crippen molar-refractivity contribution in [3.63, 3.8) is 0 Å². The molecular formula is C14H24N2O. The van der Waals surface area contributed by atoms with Crippen LogP contribution >= 0.6 is 0 Å². The number of unbranched alkanes of at least 4 members (excludes halogenated alkanes) is 2. The third-order valence-corrected chi connectivity index (χ3v) is 2.76. The van der Waals surface area contributed by atoms with E-state index in [-0.39, 0.29) is 6.04 Å². The van der Waals surface area contributed by atoms with Gasteiger partial charge in [-0.15, -0.1) is 0 Å². The molecule has 1 unspecified atom stereocenters. The maximum absolute atomic E-state index is 5.76. The standard InChI is InChI=1S/C14H24N2O/c1-4-6-7-11-17-14-13(9-8-10-16-14)12(3)15-5-2/h8-10,12,15H,4-7,11H2,1-3H3. The van der Waals surface area contributed by atoms with Crippen LogP contribution < -0.4 is 10.1 Å². The number of nitrogens with one attached hydrogen (secondary N) is 1. The Morgan fingerprint density at radius 3 is 2.88 bits per heavy atom. The summed E-state index contributed by atoms with van der Waals surface area (Å²) in [6.07, 6.45) is 5.32. The first-order chi connectivity index (χ1) is 8.29. The number of hydrogen-bond donors (Lipinski definition) is 1. The maximum Gasteiger partial charge on any atom is 0.218 e. The van der Waals surface area contributed by atoms with Crippen molar-refractivity contribution < 1.29 is 4.74 Å². The van der Waals surface area contributed by atoms with E-state index in [1.165, 1.54) is 12.8 Å². The fourth-order valence-corrected chi connectivity index (χ4v) is 1.79. The molecule has 0 amide bonds. The molecule has 0 saturated heterocycles. The molecule has 96 valence electrons. The zero-order chi connectivity index (χ0) is 12.5. The Labute approximate surface area is 105 Å². The van der Waals surface area contributed by atoms with Crippen molar-refractivity contribution in [1.29, 1.82) is 0 Å². The van der Waals surface area contributed by atoms with Gasteiger partial charge in [-0.2, -0.15) is 0 Å². The minimum atomic E-state index is 0.287. The Bertz CT molecular complexity index is 315. The predicted molar refractivity (Wildman–Crippen MR) is 71.3 cm³/mol. The van der Waals surface area contributed by atoms with Crippen LogP contribution in [0.4, 0.5) is 0 Å². The van der Waals surface area contributed by atoms with Gasteiger partial charge in [0.2, 0.25) is 5.88 Å². The Hall–Kier alpha value is -1.09. The van der Waals surface area contributed by atoms with Crippen molar-refractivity contribution in [1.82, 2.24) is 10.3 Å². The number of rotatable bonds is 8. The molecule has 1 aromatic heterocycles. The highest BCUT2D eigenvalue weighted by atomic mass is 16.5. The topological polar surface area (TPSA) is 34.1 Å². The molecule has 0 bridgehead atoms. The Balaban J connectivity index is 2.57. The van der Waals surface area contributed by atoms with E-state index < -0.39 is 0 Å². The molecule has 0 aliphatic carbocycles. The molecule has 0 fully saturated rings. The molecule has 0 aliphatic rings. The molecule has 1 rings (SSSR count). The van der Waals surface area contributed by atoms with Gasteiger partial charge in [-0.3, -0.25) is 0 Å². The lowest BCUT2D eigenvalue weighted by Gasteiger charge is -2.16. The smallest absolute Gasteiger partial charge is 0.218 e. The minimum absolute atomic E-state index is 0.287. The van der Waals surface area contributed by atoms with Gasteiger partial charge in [0.05, 0.1) is 6.61 Å². The van der Waals surface area contributed by atoms with E-state index in [1.54, 1.807) is 6.20 Å². The van der Waals surface area contributed by atoms with Crippen molar-refractivity contribution >= 4 is 0 Å². The molecule has 0 radical (unpaired) electrons. The lowest BCUT2D eigenvalue weighted by molar-refractivity contribution is 0.289. The molecule has 1 heterocycles. The summed E-state index contributed by atoms with van der Waals surface area (Å²) in [5.74, 6) is 0.775. The van der Waals surface area contributed by atoms with E-state index in [2.05, 4.69) is 37.1 Å². The Morgan fingerprint density at radius 2 is 2.18 bits per heavy atom. The minimum Gasteiger partial charge on any atom is -0.477 e. The van der Waals surface area contributed by atoms with E-state index in [0.29, 0.717) is 0 Å². The van der Waals surface area contributed by atoms with Crippen molar-refractivity contribution in [3.8, 4) is 5.88 Å². The van der Waals surface area contributed by atoms with Crippen LogP contribution in [0.25, 0.3) is 0 Å². The second-order valence-corrected chi connectivity index (χ2v) is 4.23. The largest absolute Gasteiger partial charge is 0.477 e. The van der Waals surface area contributed by atoms with Crippen LogP contribution in [-0.2, 0) is 0 Å². The highest BCUT2D eigenvalue weighted by Gasteiger charge is 2.10. The second kappa shape index (κ2) is 8.07. The number of aromatic nitrogens is 1. The van der Waals surface area contributed by atoms with Gasteiger partial charge in [-0.1, -0.05) is 32.8 Å². The van der Waals surface area contributed by atoms with Crippen LogP contribution in [0.5, 0.6) is 5.88 Å². The van der Waals surface area contributed by atoms with Crippen LogP contribution in [0.15, 0.2) is 18.3 Å². The number of hydrogen-bond acceptors (Lipinski definition) is 3. The lowest BCUT2D eigenvalue weighted by atomic mass is 10.1. The maximum atomic E-state index is 5.76. The summed E-state index contributed by atoms with van der Waals surface area (Å²) in [5, 5.41) is 3.38. The molecule has 3 nitrogen and oxygen atoms in total. The SMILES string of the molecule is CCCCCOc1ncccc1C(C)NCC. The summed E-state index contributed by atoms with van der Waals surface area (Å²) in [7, 11) is 0. The molecule has 0 saturated carbocycles. The molecule has 1 atom stereocenters. The molecule has 0 aromatic carbocycles. The number of pyridine rings is 1. The van der Waals surface area contributed by atoms with Crippen molar-refractivity contribution in [3.05, 3.63) is 23.9 Å². The summed E-state index contributed by atoms with van der Waals surface area (Å²) in [5.41, 5.74) is 1.14. The average molecular weight is 236 g/mol. The first-order valence-electron chi connectivity index (χ1n) is 6.60. The third kappa shape index (κ3) is 4.73. The van der Waals surface area contributed by atoms with Crippen LogP contribution in [0.3, 0.4) is 0 Å². The number of nitrogens with zero attached hydrogens (tertiary/aromatic N) is 1. The van der Waals surface area contributed by atoms with Crippen LogP contribution in [0, 0.1) is 0 Å². The first kappa shape index (κ1) is 14.0. The quantitative estimate of drug-likeness (QED) is 0.703. The van der Waals surface area contributed by atoms with E-state index in [4.69, 9.17) is 4.74 Å². The summed E-state index contributed by atoms with van der Waals surface area (Å²) in [6, 6.07) is 4.33. The zero-order valence-corrected chi connectivity index (χ0v) is 11.2. The van der Waals surface area contributed by atoms with Gasteiger partial charge in [-0.25, -0.2) is 4.98 Å². The Morgan fingerprint density at radius 1 is 1.35 bits per heavy atom. The van der Waals surface area contributed by atoms with Gasteiger partial charge in [0.15, 0.2) is 0 Å². The second-order valence-electron chi connectivity index (χ2n) is 4.23. The highest BCUT2D eigenvalue weighted by molar-refractivity contribution is 5.28. The van der Waals surface area contributed by atoms with Crippen LogP contribution in [0.2, 0.25) is 0 Å². The van der Waals surface area contributed by atoms with Crippen molar-refractivity contribution in [2.24, 2.45) is 0 Å². The summed E-state index contributed by atoms with van der Waals surface area (Å²) >= 11 is 0. The fourth-order valence-electron chi connectivity index (χ4n) is 1.79. The fraction of sp³-hybridized carbons (Fsp3) is 0.643. The summed E-state index contributed by atoms with van der Waals surface area (Å²) < 4.78 is 5.76. The predicted octanol–water partition coefficient (Wildman–Crippen LogP) is 3.32. The summed E-state index contributed by atoms with van der Waals surface area (Å²) in [6.45, 7) is 8.15. The first-order valence-corrected chi connectivity index (χ1v) is 6.60. The third-order valence-electron chi connectivity index (χ3n) is 2.76. The van der Waals surface area contributed by atoms with Crippen LogP contribution in [-0.4, -0.2) is 18.1 Å². The van der Waals surface area contributed by atoms with E-state index in [9.17, 15) is 0 Å². The van der Waals surface area contributed by atoms with Crippen molar-refractivity contribution in [2.75, 3.05) is 13.2 Å². The molecule has 17 heavy (non-hydrogen) atoms. The molecule has 3 heteroatoms. The van der Waals surface area contributed by atoms with Gasteiger partial charge in [0.25, 0.3) is 0 Å². The van der Waals surface area contributed by atoms with E-state index >= 15 is 0 Å². The van der Waals surface area contributed by atoms with Gasteiger partial charge in [-0.05, 0) is 26.0 Å². The monoisotopic (exact) mass is 236 g/mol. The average Bonchev–Trinajstić information content (AvgIpc) is 2.35. The molecule has 0 spiro atoms. The molecular weight excluding hydrogens is 212 g/mol. The normalized spacial score (nSPS) is 12.4. The Kier molecular flexibility index (Phi) is 6.63.